The summed E-state index contributed by atoms with van der Waals surface area (Å²) < 4.78 is 14.2. The van der Waals surface area contributed by atoms with Crippen LogP contribution in [-0.2, 0) is 0 Å². The number of nitrogens with zero attached hydrogens (tertiary/aromatic N) is 2. The second-order valence-corrected chi connectivity index (χ2v) is 20.1. The molecule has 0 radical (unpaired) electrons. The highest BCUT2D eigenvalue weighted by molar-refractivity contribution is 6.14. The minimum absolute atomic E-state index is 0.382. The lowest BCUT2D eigenvalue weighted by Gasteiger charge is -2.29. The molecule has 1 fully saturated rings. The smallest absolute Gasteiger partial charge is 0.159 e. The van der Waals surface area contributed by atoms with Crippen LogP contribution in [0.25, 0.3) is 72.9 Å². The van der Waals surface area contributed by atoms with E-state index in [1.165, 1.54) is 66.2 Å². The van der Waals surface area contributed by atoms with Crippen molar-refractivity contribution in [2.45, 2.75) is 130 Å². The zero-order valence-corrected chi connectivity index (χ0v) is 43.9. The Kier molecular flexibility index (Phi) is 15.4. The van der Waals surface area contributed by atoms with Crippen molar-refractivity contribution in [3.05, 3.63) is 192 Å². The molecule has 1 atom stereocenters. The van der Waals surface area contributed by atoms with Gasteiger partial charge in [0.1, 0.15) is 11.2 Å². The standard InChI is InChI=1S/C68H74N2O2/c1-11-17-24-47(9)53-27-20-29-56-59-32-23-34-63(68(59)71-65(53)56)70(52(16-6)40-36-46(8)13-3)61-42-39-50(15-5)64-54(49(14-4)38-41-60(61)64)43-44-69(48(10)37-35-45(7)12-2)62-33-22-31-58-57-30-21-28-55(51-25-18-19-26-51)66(57)72-67(58)62/h14-15,20-23,27-34,36,38-44,47,51H,4-5,7,10-13,16-19,24-26,35,37H2,1-3,6,8-9H3/b44-43+,46-36+,52-40+. The number of benzene rings is 6. The average molecular weight is 951 g/mol. The van der Waals surface area contributed by atoms with E-state index in [2.05, 4.69) is 193 Å². The zero-order valence-electron chi connectivity index (χ0n) is 43.9. The highest BCUT2D eigenvalue weighted by Crippen LogP contribution is 2.47. The van der Waals surface area contributed by atoms with Crippen molar-refractivity contribution in [1.82, 2.24) is 0 Å². The van der Waals surface area contributed by atoms with E-state index in [9.17, 15) is 0 Å². The summed E-state index contributed by atoms with van der Waals surface area (Å²) >= 11 is 0. The van der Waals surface area contributed by atoms with Crippen LogP contribution in [0.1, 0.15) is 158 Å². The molecule has 1 aliphatic carbocycles. The highest BCUT2D eigenvalue weighted by atomic mass is 16.3. The molecule has 2 aromatic heterocycles. The quantitative estimate of drug-likeness (QED) is 0.0531. The fourth-order valence-electron chi connectivity index (χ4n) is 11.1. The number of rotatable bonds is 21. The Morgan fingerprint density at radius 3 is 1.97 bits per heavy atom. The van der Waals surface area contributed by atoms with Crippen LogP contribution in [0.4, 0.5) is 17.1 Å². The van der Waals surface area contributed by atoms with E-state index in [0.717, 1.165) is 133 Å². The van der Waals surface area contributed by atoms with E-state index in [-0.39, 0.29) is 0 Å². The zero-order chi connectivity index (χ0) is 50.5. The molecule has 2 heterocycles. The van der Waals surface area contributed by atoms with Crippen molar-refractivity contribution in [2.24, 2.45) is 0 Å². The highest BCUT2D eigenvalue weighted by Gasteiger charge is 2.26. The van der Waals surface area contributed by atoms with Crippen LogP contribution < -0.4 is 9.80 Å². The van der Waals surface area contributed by atoms with Crippen molar-refractivity contribution in [3.63, 3.8) is 0 Å². The van der Waals surface area contributed by atoms with Gasteiger partial charge in [0, 0.05) is 44.5 Å². The molecular formula is C68H74N2O2. The van der Waals surface area contributed by atoms with Gasteiger partial charge in [0.15, 0.2) is 11.2 Å². The van der Waals surface area contributed by atoms with Crippen molar-refractivity contribution in [1.29, 1.82) is 0 Å². The largest absolute Gasteiger partial charge is 0.454 e. The first kappa shape index (κ1) is 49.9. The Hall–Kier alpha value is -7.04. The number of allylic oxidation sites excluding steroid dienone is 6. The van der Waals surface area contributed by atoms with Gasteiger partial charge in [-0.05, 0) is 134 Å². The lowest BCUT2D eigenvalue weighted by molar-refractivity contribution is 0.606. The van der Waals surface area contributed by atoms with Gasteiger partial charge in [-0.3, -0.25) is 0 Å². The van der Waals surface area contributed by atoms with Gasteiger partial charge in [0.05, 0.1) is 17.1 Å². The first-order chi connectivity index (χ1) is 35.1. The minimum Gasteiger partial charge on any atom is -0.454 e. The number of hydrogen-bond donors (Lipinski definition) is 0. The van der Waals surface area contributed by atoms with E-state index < -0.39 is 0 Å². The SMILES string of the molecule is C=Cc1ccc2c(N(/C(=C/C=C(\C)CC)CC)c3cccc4c3oc3c(C(C)CCCC)cccc34)ccc(C=C)c2c1/C=C/N(C(=C)CCC(=C)CC)c1cccc2c1oc1c(C3CCCC3)cccc12. The summed E-state index contributed by atoms with van der Waals surface area (Å²) in [4.78, 5) is 4.69. The maximum absolute atomic E-state index is 7.18. The third-order valence-electron chi connectivity index (χ3n) is 15.6. The Bertz CT molecular complexity index is 3430. The molecule has 0 saturated heterocycles. The van der Waals surface area contributed by atoms with Gasteiger partial charge in [-0.1, -0.05) is 195 Å². The summed E-state index contributed by atoms with van der Waals surface area (Å²) in [6.07, 6.45) is 25.7. The summed E-state index contributed by atoms with van der Waals surface area (Å²) in [5.74, 6) is 0.907. The maximum atomic E-state index is 7.18. The molecule has 4 heteroatoms. The molecule has 1 saturated carbocycles. The van der Waals surface area contributed by atoms with Gasteiger partial charge in [-0.15, -0.1) is 0 Å². The average Bonchev–Trinajstić information content (AvgIpc) is 4.19. The molecule has 8 aromatic rings. The topological polar surface area (TPSA) is 32.8 Å². The molecule has 0 N–H and O–H groups in total. The second kappa shape index (κ2) is 22.2. The van der Waals surface area contributed by atoms with Crippen LogP contribution in [0.15, 0.2) is 173 Å². The second-order valence-electron chi connectivity index (χ2n) is 20.1. The van der Waals surface area contributed by atoms with E-state index in [4.69, 9.17) is 15.4 Å². The number of para-hydroxylation sites is 4. The van der Waals surface area contributed by atoms with Crippen molar-refractivity contribution in [3.8, 4) is 0 Å². The van der Waals surface area contributed by atoms with Crippen LogP contribution in [0.3, 0.4) is 0 Å². The summed E-state index contributed by atoms with van der Waals surface area (Å²) in [5.41, 5.74) is 17.2. The molecule has 1 aliphatic rings. The summed E-state index contributed by atoms with van der Waals surface area (Å²) in [7, 11) is 0. The third kappa shape index (κ3) is 9.57. The molecule has 0 aliphatic heterocycles. The summed E-state index contributed by atoms with van der Waals surface area (Å²) in [5, 5.41) is 6.75. The van der Waals surface area contributed by atoms with Gasteiger partial charge in [-0.25, -0.2) is 0 Å². The van der Waals surface area contributed by atoms with Crippen LogP contribution in [0, 0.1) is 0 Å². The van der Waals surface area contributed by atoms with E-state index >= 15 is 0 Å². The minimum atomic E-state index is 0.382. The molecule has 6 aromatic carbocycles. The number of unbranched alkanes of at least 4 members (excludes halogenated alkanes) is 1. The lowest BCUT2D eigenvalue weighted by Crippen LogP contribution is -2.17. The monoisotopic (exact) mass is 951 g/mol. The molecule has 4 nitrogen and oxygen atoms in total. The fraction of sp³-hybridized carbons (Fsp3) is 0.294. The van der Waals surface area contributed by atoms with E-state index in [1.54, 1.807) is 0 Å². The predicted molar refractivity (Wildman–Crippen MR) is 315 cm³/mol. The van der Waals surface area contributed by atoms with Gasteiger partial charge in [0.25, 0.3) is 0 Å². The van der Waals surface area contributed by atoms with Gasteiger partial charge in [0.2, 0.25) is 0 Å². The van der Waals surface area contributed by atoms with E-state index in [1.807, 2.05) is 12.2 Å². The van der Waals surface area contributed by atoms with Crippen molar-refractivity contribution < 1.29 is 8.83 Å². The lowest BCUT2D eigenvalue weighted by atomic mass is 9.92. The van der Waals surface area contributed by atoms with Crippen LogP contribution in [0.2, 0.25) is 0 Å². The molecule has 0 spiro atoms. The molecule has 72 heavy (non-hydrogen) atoms. The number of hydrogen-bond acceptors (Lipinski definition) is 4. The maximum Gasteiger partial charge on any atom is 0.159 e. The van der Waals surface area contributed by atoms with Crippen LogP contribution in [0.5, 0.6) is 0 Å². The Labute approximate surface area is 429 Å². The molecular weight excluding hydrogens is 877 g/mol. The predicted octanol–water partition coefficient (Wildman–Crippen LogP) is 21.4. The van der Waals surface area contributed by atoms with Gasteiger partial charge >= 0.3 is 0 Å². The third-order valence-corrected chi connectivity index (χ3v) is 15.6. The number of anilines is 3. The van der Waals surface area contributed by atoms with Crippen molar-refractivity contribution >= 4 is 89.9 Å². The van der Waals surface area contributed by atoms with E-state index in [0.29, 0.717) is 11.8 Å². The first-order valence-electron chi connectivity index (χ1n) is 26.8. The van der Waals surface area contributed by atoms with Gasteiger partial charge in [-0.2, -0.15) is 0 Å². The molecule has 1 unspecified atom stereocenters. The Balaban J connectivity index is 1.26. The first-order valence-corrected chi connectivity index (χ1v) is 26.8. The molecule has 9 rings (SSSR count). The van der Waals surface area contributed by atoms with Crippen molar-refractivity contribution in [2.75, 3.05) is 9.80 Å². The van der Waals surface area contributed by atoms with Crippen LogP contribution in [-0.4, -0.2) is 0 Å². The normalized spacial score (nSPS) is 14.1. The Morgan fingerprint density at radius 1 is 0.653 bits per heavy atom. The molecule has 368 valence electrons. The summed E-state index contributed by atoms with van der Waals surface area (Å²) in [6.45, 7) is 31.4. The number of fused-ring (bicyclic) bond motifs is 7. The summed E-state index contributed by atoms with van der Waals surface area (Å²) in [6, 6.07) is 35.5. The molecule has 0 bridgehead atoms. The Morgan fingerprint density at radius 2 is 1.29 bits per heavy atom. The molecule has 0 amide bonds. The van der Waals surface area contributed by atoms with Gasteiger partial charge < -0.3 is 18.6 Å². The number of furan rings is 2. The fourth-order valence-corrected chi connectivity index (χ4v) is 11.1. The van der Waals surface area contributed by atoms with Crippen LogP contribution >= 0.6 is 0 Å².